The molecule has 0 fully saturated rings. The summed E-state index contributed by atoms with van der Waals surface area (Å²) in [5, 5.41) is 2.99. The summed E-state index contributed by atoms with van der Waals surface area (Å²) in [6, 6.07) is 14.5. The number of rotatable bonds is 5. The Morgan fingerprint density at radius 3 is 2.50 bits per heavy atom. The molecule has 0 heterocycles. The maximum atomic E-state index is 12.4. The van der Waals surface area contributed by atoms with E-state index < -0.39 is 0 Å². The van der Waals surface area contributed by atoms with Crippen LogP contribution in [0.15, 0.2) is 59.4 Å². The van der Waals surface area contributed by atoms with E-state index in [9.17, 15) is 9.59 Å². The minimum Gasteiger partial charge on any atom is -0.382 e. The second kappa shape index (κ2) is 7.36. The van der Waals surface area contributed by atoms with Gasteiger partial charge < -0.3 is 5.32 Å². The summed E-state index contributed by atoms with van der Waals surface area (Å²) in [4.78, 5) is 24.7. The number of nitrogens with one attached hydrogen (secondary N) is 1. The zero-order valence-corrected chi connectivity index (χ0v) is 12.8. The maximum absolute atomic E-state index is 12.4. The van der Waals surface area contributed by atoms with Crippen molar-refractivity contribution in [3.05, 3.63) is 81.5 Å². The summed E-state index contributed by atoms with van der Waals surface area (Å²) in [6.07, 6.45) is 3.20. The van der Waals surface area contributed by atoms with Crippen molar-refractivity contribution in [1.82, 2.24) is 0 Å². The van der Waals surface area contributed by atoms with Crippen molar-refractivity contribution in [1.29, 1.82) is 0 Å². The quantitative estimate of drug-likeness (QED) is 0.675. The lowest BCUT2D eigenvalue weighted by atomic mass is 10.1. The van der Waals surface area contributed by atoms with E-state index in [4.69, 9.17) is 0 Å². The number of anilines is 1. The van der Waals surface area contributed by atoms with Crippen LogP contribution in [0, 0.1) is 6.92 Å². The van der Waals surface area contributed by atoms with E-state index in [2.05, 4.69) is 5.32 Å². The van der Waals surface area contributed by atoms with Crippen LogP contribution < -0.4 is 10.7 Å². The van der Waals surface area contributed by atoms with Crippen molar-refractivity contribution in [2.75, 3.05) is 11.9 Å². The summed E-state index contributed by atoms with van der Waals surface area (Å²) >= 11 is 0. The van der Waals surface area contributed by atoms with Crippen LogP contribution in [0.2, 0.25) is 0 Å². The highest BCUT2D eigenvalue weighted by molar-refractivity contribution is 6.07. The van der Waals surface area contributed by atoms with Crippen molar-refractivity contribution in [2.24, 2.45) is 0 Å². The molecule has 0 aliphatic heterocycles. The first-order valence-electron chi connectivity index (χ1n) is 7.28. The highest BCUT2D eigenvalue weighted by Crippen LogP contribution is 2.10. The lowest BCUT2D eigenvalue weighted by Crippen LogP contribution is -2.15. The van der Waals surface area contributed by atoms with Crippen LogP contribution in [0.25, 0.3) is 6.08 Å². The number of hydrogen-bond donors (Lipinski definition) is 1. The predicted molar refractivity (Wildman–Crippen MR) is 91.4 cm³/mol. The second-order valence-corrected chi connectivity index (χ2v) is 4.96. The molecule has 3 heteroatoms. The molecule has 0 bridgehead atoms. The Balaban J connectivity index is 2.35. The molecule has 2 aromatic rings. The first-order chi connectivity index (χ1) is 10.6. The highest BCUT2D eigenvalue weighted by Gasteiger charge is 2.08. The van der Waals surface area contributed by atoms with Gasteiger partial charge in [0.25, 0.3) is 0 Å². The molecule has 2 aromatic carbocycles. The number of carbonyl (C=O) groups is 1. The van der Waals surface area contributed by atoms with Crippen molar-refractivity contribution >= 4 is 17.5 Å². The molecule has 0 aliphatic carbocycles. The van der Waals surface area contributed by atoms with Gasteiger partial charge in [-0.2, -0.15) is 0 Å². The van der Waals surface area contributed by atoms with Crippen LogP contribution >= 0.6 is 0 Å². The van der Waals surface area contributed by atoms with Gasteiger partial charge in [-0.25, -0.2) is 0 Å². The molecule has 22 heavy (non-hydrogen) atoms. The summed E-state index contributed by atoms with van der Waals surface area (Å²) < 4.78 is 0. The van der Waals surface area contributed by atoms with Crippen LogP contribution in [0.1, 0.15) is 28.4 Å². The third-order valence-electron chi connectivity index (χ3n) is 3.36. The number of hydrogen-bond acceptors (Lipinski definition) is 3. The first kappa shape index (κ1) is 15.7. The Kier molecular flexibility index (Phi) is 5.26. The van der Waals surface area contributed by atoms with Gasteiger partial charge in [-0.3, -0.25) is 9.59 Å². The Morgan fingerprint density at radius 2 is 1.77 bits per heavy atom. The minimum absolute atomic E-state index is 0.172. The molecular formula is C19H19NO2. The van der Waals surface area contributed by atoms with Crippen LogP contribution in [0.5, 0.6) is 0 Å². The SMILES string of the molecule is CCNc1ccccc(C(=O)/C=C/c2ccccc2C)c1=O. The lowest BCUT2D eigenvalue weighted by Gasteiger charge is -2.00. The third kappa shape index (κ3) is 3.70. The maximum Gasteiger partial charge on any atom is 0.212 e. The normalized spacial score (nSPS) is 10.6. The minimum atomic E-state index is -0.288. The molecule has 0 aromatic heterocycles. The van der Waals surface area contributed by atoms with E-state index in [-0.39, 0.29) is 16.8 Å². The van der Waals surface area contributed by atoms with Gasteiger partial charge in [0.05, 0.1) is 11.3 Å². The lowest BCUT2D eigenvalue weighted by molar-refractivity contribution is 0.104. The third-order valence-corrected chi connectivity index (χ3v) is 3.36. The van der Waals surface area contributed by atoms with E-state index in [1.54, 1.807) is 30.3 Å². The summed E-state index contributed by atoms with van der Waals surface area (Å²) in [6.45, 7) is 4.52. The Morgan fingerprint density at radius 1 is 1.09 bits per heavy atom. The molecule has 0 spiro atoms. The molecule has 1 N–H and O–H groups in total. The van der Waals surface area contributed by atoms with Gasteiger partial charge in [0.2, 0.25) is 5.43 Å². The Bertz CT molecular complexity index is 763. The van der Waals surface area contributed by atoms with E-state index in [0.29, 0.717) is 12.2 Å². The van der Waals surface area contributed by atoms with E-state index in [0.717, 1.165) is 11.1 Å². The molecule has 0 radical (unpaired) electrons. The molecule has 0 saturated carbocycles. The van der Waals surface area contributed by atoms with E-state index in [1.165, 1.54) is 6.08 Å². The predicted octanol–water partition coefficient (Wildman–Crippen LogP) is 3.68. The standard InChI is InChI=1S/C19H19NO2/c1-3-20-17-11-7-6-10-16(19(17)22)18(21)13-12-15-9-5-4-8-14(15)2/h4-13H,3H2,1-2H3,(H,20,22)/b13-12+. The fourth-order valence-electron chi connectivity index (χ4n) is 2.15. The van der Waals surface area contributed by atoms with Crippen LogP contribution in [0.3, 0.4) is 0 Å². The Hall–Kier alpha value is -2.68. The molecule has 112 valence electrons. The molecule has 0 unspecified atom stereocenters. The second-order valence-electron chi connectivity index (χ2n) is 4.96. The smallest absolute Gasteiger partial charge is 0.212 e. The average Bonchev–Trinajstić information content (AvgIpc) is 2.69. The van der Waals surface area contributed by atoms with Crippen LogP contribution in [-0.2, 0) is 0 Å². The van der Waals surface area contributed by atoms with Gasteiger partial charge in [0.15, 0.2) is 5.78 Å². The molecule has 2 rings (SSSR count). The monoisotopic (exact) mass is 293 g/mol. The summed E-state index contributed by atoms with van der Waals surface area (Å²) in [7, 11) is 0. The van der Waals surface area contributed by atoms with Crippen molar-refractivity contribution in [3.8, 4) is 0 Å². The van der Waals surface area contributed by atoms with Crippen molar-refractivity contribution in [3.63, 3.8) is 0 Å². The van der Waals surface area contributed by atoms with Gasteiger partial charge in [-0.05, 0) is 43.2 Å². The van der Waals surface area contributed by atoms with E-state index >= 15 is 0 Å². The van der Waals surface area contributed by atoms with Gasteiger partial charge >= 0.3 is 0 Å². The fraction of sp³-hybridized carbons (Fsp3) is 0.158. The number of ketones is 1. The largest absolute Gasteiger partial charge is 0.382 e. The van der Waals surface area contributed by atoms with Crippen LogP contribution in [0.4, 0.5) is 5.69 Å². The van der Waals surface area contributed by atoms with Crippen molar-refractivity contribution in [2.45, 2.75) is 13.8 Å². The molecule has 0 amide bonds. The van der Waals surface area contributed by atoms with Crippen LogP contribution in [-0.4, -0.2) is 12.3 Å². The fourth-order valence-corrected chi connectivity index (χ4v) is 2.15. The molecule has 3 nitrogen and oxygen atoms in total. The molecule has 0 atom stereocenters. The molecular weight excluding hydrogens is 274 g/mol. The molecule has 0 aliphatic rings. The number of allylic oxidation sites excluding steroid dienone is 1. The summed E-state index contributed by atoms with van der Waals surface area (Å²) in [5.74, 6) is -0.288. The summed E-state index contributed by atoms with van der Waals surface area (Å²) in [5.41, 5.74) is 2.40. The number of benzene rings is 1. The zero-order chi connectivity index (χ0) is 15.9. The zero-order valence-electron chi connectivity index (χ0n) is 12.8. The molecule has 0 saturated heterocycles. The average molecular weight is 293 g/mol. The number of aryl methyl sites for hydroxylation is 1. The van der Waals surface area contributed by atoms with Crippen molar-refractivity contribution < 1.29 is 4.79 Å². The van der Waals surface area contributed by atoms with Gasteiger partial charge in [-0.1, -0.05) is 42.5 Å². The first-order valence-corrected chi connectivity index (χ1v) is 7.28. The Labute approximate surface area is 130 Å². The van der Waals surface area contributed by atoms with Gasteiger partial charge in [0.1, 0.15) is 0 Å². The highest BCUT2D eigenvalue weighted by atomic mass is 16.1. The van der Waals surface area contributed by atoms with E-state index in [1.807, 2.05) is 38.1 Å². The number of carbonyl (C=O) groups excluding carboxylic acids is 1. The topological polar surface area (TPSA) is 46.2 Å². The van der Waals surface area contributed by atoms with Gasteiger partial charge in [0, 0.05) is 6.54 Å². The van der Waals surface area contributed by atoms with Gasteiger partial charge in [-0.15, -0.1) is 0 Å².